The average Bonchev–Trinajstić information content (AvgIpc) is 2.83. The number of hydrogen-bond donors (Lipinski definition) is 5. The van der Waals surface area contributed by atoms with Crippen LogP contribution < -0.4 is 10.6 Å². The standard InChI is InChI=1S/C14H20N2O2S.C9H18N2O2S2/c1-3-14(18)16(8-9-19)10-13(17)15-12-7-5-4-6-11(12)2;1-2-9(13)11(4-6-15)7-8(12)10-3-5-14/h4-7,19H,3,8-10H2,1-2H3,(H,15,17);14-15H,2-7H2,1H3,(H,10,12). The molecule has 34 heavy (non-hydrogen) atoms. The SMILES string of the molecule is CCC(=O)N(CCS)CC(=O)NCCS.CCC(=O)N(CCS)CC(=O)Nc1ccccc1C. The van der Waals surface area contributed by atoms with E-state index in [1.807, 2.05) is 31.2 Å². The Hall–Kier alpha value is -1.85. The summed E-state index contributed by atoms with van der Waals surface area (Å²) in [7, 11) is 0. The van der Waals surface area contributed by atoms with Crippen molar-refractivity contribution in [3.8, 4) is 0 Å². The van der Waals surface area contributed by atoms with E-state index < -0.39 is 0 Å². The highest BCUT2D eigenvalue weighted by atomic mass is 32.1. The number of amides is 4. The third-order valence-corrected chi connectivity index (χ3v) is 5.20. The van der Waals surface area contributed by atoms with Crippen LogP contribution in [0.4, 0.5) is 5.69 Å². The van der Waals surface area contributed by atoms with E-state index in [0.29, 0.717) is 49.7 Å². The van der Waals surface area contributed by atoms with Crippen LogP contribution in [-0.4, -0.2) is 83.4 Å². The fraction of sp³-hybridized carbons (Fsp3) is 0.565. The van der Waals surface area contributed by atoms with E-state index in [0.717, 1.165) is 11.3 Å². The van der Waals surface area contributed by atoms with Crippen LogP contribution in [0.1, 0.15) is 32.3 Å². The Bertz CT molecular complexity index is 780. The lowest BCUT2D eigenvalue weighted by molar-refractivity contribution is -0.135. The number of nitrogens with zero attached hydrogens (tertiary/aromatic N) is 2. The summed E-state index contributed by atoms with van der Waals surface area (Å²) in [5.74, 6) is 1.32. The number of nitrogens with one attached hydrogen (secondary N) is 2. The Balaban J connectivity index is 0.000000661. The molecule has 0 bridgehead atoms. The minimum atomic E-state index is -0.183. The highest BCUT2D eigenvalue weighted by molar-refractivity contribution is 7.80. The van der Waals surface area contributed by atoms with E-state index in [2.05, 4.69) is 48.5 Å². The molecule has 1 aromatic rings. The van der Waals surface area contributed by atoms with Crippen molar-refractivity contribution < 1.29 is 19.2 Å². The van der Waals surface area contributed by atoms with Crippen molar-refractivity contribution in [1.82, 2.24) is 15.1 Å². The summed E-state index contributed by atoms with van der Waals surface area (Å²) in [6, 6.07) is 7.56. The normalized spacial score (nSPS) is 9.94. The molecule has 0 saturated heterocycles. The van der Waals surface area contributed by atoms with Crippen LogP contribution in [0.15, 0.2) is 24.3 Å². The summed E-state index contributed by atoms with van der Waals surface area (Å²) >= 11 is 12.1. The second kappa shape index (κ2) is 19.5. The molecule has 0 radical (unpaired) electrons. The quantitative estimate of drug-likeness (QED) is 0.253. The predicted octanol–water partition coefficient (Wildman–Crippen LogP) is 2.30. The molecule has 0 atom stereocenters. The summed E-state index contributed by atoms with van der Waals surface area (Å²) in [6.07, 6.45) is 0.805. The largest absolute Gasteiger partial charge is 0.354 e. The first kappa shape index (κ1) is 32.1. The van der Waals surface area contributed by atoms with Gasteiger partial charge in [-0.15, -0.1) is 0 Å². The lowest BCUT2D eigenvalue weighted by Crippen LogP contribution is -2.41. The Morgan fingerprint density at radius 2 is 1.29 bits per heavy atom. The van der Waals surface area contributed by atoms with Crippen LogP contribution in [0.25, 0.3) is 0 Å². The highest BCUT2D eigenvalue weighted by Gasteiger charge is 2.15. The van der Waals surface area contributed by atoms with Gasteiger partial charge in [0.05, 0.1) is 13.1 Å². The number of thiol groups is 3. The predicted molar refractivity (Wildman–Crippen MR) is 148 cm³/mol. The molecule has 4 amide bonds. The van der Waals surface area contributed by atoms with E-state index in [1.54, 1.807) is 13.8 Å². The molecule has 1 rings (SSSR count). The van der Waals surface area contributed by atoms with Gasteiger partial charge >= 0.3 is 0 Å². The van der Waals surface area contributed by atoms with Gasteiger partial charge in [-0.05, 0) is 18.6 Å². The minimum absolute atomic E-state index is 0.0231. The molecule has 0 aliphatic carbocycles. The Labute approximate surface area is 219 Å². The van der Waals surface area contributed by atoms with Crippen molar-refractivity contribution in [2.45, 2.75) is 33.6 Å². The van der Waals surface area contributed by atoms with Gasteiger partial charge in [0.25, 0.3) is 0 Å². The number of carbonyl (C=O) groups excluding carboxylic acids is 4. The number of para-hydroxylation sites is 1. The Morgan fingerprint density at radius 3 is 1.74 bits per heavy atom. The molecule has 192 valence electrons. The molecular weight excluding hydrogens is 492 g/mol. The van der Waals surface area contributed by atoms with Gasteiger partial charge < -0.3 is 20.4 Å². The summed E-state index contributed by atoms with van der Waals surface area (Å²) in [6.45, 7) is 7.19. The maximum absolute atomic E-state index is 11.9. The summed E-state index contributed by atoms with van der Waals surface area (Å²) in [4.78, 5) is 49.4. The Kier molecular flexibility index (Phi) is 18.4. The zero-order valence-electron chi connectivity index (χ0n) is 20.2. The number of hydrogen-bond acceptors (Lipinski definition) is 7. The third-order valence-electron chi connectivity index (χ3n) is 4.57. The number of aryl methyl sites for hydroxylation is 1. The van der Waals surface area contributed by atoms with Crippen LogP contribution in [0, 0.1) is 6.92 Å². The first-order valence-electron chi connectivity index (χ1n) is 11.2. The van der Waals surface area contributed by atoms with Gasteiger partial charge in [0.2, 0.25) is 23.6 Å². The van der Waals surface area contributed by atoms with E-state index in [4.69, 9.17) is 0 Å². The first-order chi connectivity index (χ1) is 16.2. The molecular formula is C23H38N4O4S3. The number of anilines is 1. The van der Waals surface area contributed by atoms with E-state index in [1.165, 1.54) is 9.80 Å². The van der Waals surface area contributed by atoms with Crippen molar-refractivity contribution in [1.29, 1.82) is 0 Å². The molecule has 0 unspecified atom stereocenters. The number of benzene rings is 1. The molecule has 0 heterocycles. The van der Waals surface area contributed by atoms with E-state index >= 15 is 0 Å². The minimum Gasteiger partial charge on any atom is -0.354 e. The van der Waals surface area contributed by atoms with Gasteiger partial charge in [0.1, 0.15) is 0 Å². The molecule has 0 aliphatic heterocycles. The fourth-order valence-electron chi connectivity index (χ4n) is 2.77. The molecule has 0 aromatic heterocycles. The lowest BCUT2D eigenvalue weighted by Gasteiger charge is -2.21. The molecule has 8 nitrogen and oxygen atoms in total. The smallest absolute Gasteiger partial charge is 0.244 e. The van der Waals surface area contributed by atoms with Crippen molar-refractivity contribution in [3.05, 3.63) is 29.8 Å². The number of rotatable bonds is 13. The van der Waals surface area contributed by atoms with E-state index in [-0.39, 0.29) is 36.7 Å². The Morgan fingerprint density at radius 1 is 0.794 bits per heavy atom. The summed E-state index contributed by atoms with van der Waals surface area (Å²) in [5, 5.41) is 5.49. The molecule has 0 fully saturated rings. The zero-order valence-corrected chi connectivity index (χ0v) is 22.9. The maximum Gasteiger partial charge on any atom is 0.244 e. The summed E-state index contributed by atoms with van der Waals surface area (Å²) < 4.78 is 0. The van der Waals surface area contributed by atoms with Gasteiger partial charge in [-0.3, -0.25) is 19.2 Å². The van der Waals surface area contributed by atoms with Gasteiger partial charge in [0.15, 0.2) is 0 Å². The van der Waals surface area contributed by atoms with Crippen LogP contribution >= 0.6 is 37.9 Å². The topological polar surface area (TPSA) is 98.8 Å². The molecule has 1 aromatic carbocycles. The van der Waals surface area contributed by atoms with Crippen LogP contribution in [-0.2, 0) is 19.2 Å². The van der Waals surface area contributed by atoms with Crippen molar-refractivity contribution in [3.63, 3.8) is 0 Å². The maximum atomic E-state index is 11.9. The van der Waals surface area contributed by atoms with Gasteiger partial charge in [-0.1, -0.05) is 32.0 Å². The summed E-state index contributed by atoms with van der Waals surface area (Å²) in [5.41, 5.74) is 1.78. The van der Waals surface area contributed by atoms with Crippen molar-refractivity contribution in [2.24, 2.45) is 0 Å². The van der Waals surface area contributed by atoms with Gasteiger partial charge in [-0.2, -0.15) is 37.9 Å². The molecule has 2 N–H and O–H groups in total. The molecule has 0 spiro atoms. The van der Waals surface area contributed by atoms with E-state index in [9.17, 15) is 19.2 Å². The highest BCUT2D eigenvalue weighted by Crippen LogP contribution is 2.13. The molecule has 0 aliphatic rings. The van der Waals surface area contributed by atoms with Gasteiger partial charge in [-0.25, -0.2) is 0 Å². The second-order valence-electron chi connectivity index (χ2n) is 7.22. The van der Waals surface area contributed by atoms with Gasteiger partial charge in [0, 0.05) is 55.4 Å². The third kappa shape index (κ3) is 13.8. The van der Waals surface area contributed by atoms with Crippen molar-refractivity contribution in [2.75, 3.05) is 55.3 Å². The second-order valence-corrected chi connectivity index (χ2v) is 8.56. The monoisotopic (exact) mass is 530 g/mol. The van der Waals surface area contributed by atoms with Crippen LogP contribution in [0.3, 0.4) is 0 Å². The molecule has 11 heteroatoms. The fourth-order valence-corrected chi connectivity index (χ4v) is 3.37. The molecule has 0 saturated carbocycles. The van der Waals surface area contributed by atoms with Crippen LogP contribution in [0.5, 0.6) is 0 Å². The lowest BCUT2D eigenvalue weighted by atomic mass is 10.2. The zero-order chi connectivity index (χ0) is 25.9. The van der Waals surface area contributed by atoms with Crippen LogP contribution in [0.2, 0.25) is 0 Å². The first-order valence-corrected chi connectivity index (χ1v) is 13.1. The number of carbonyl (C=O) groups is 4. The average molecular weight is 531 g/mol. The van der Waals surface area contributed by atoms with Crippen molar-refractivity contribution >= 4 is 67.2 Å².